The number of methoxy groups -OCH3 is 1. The van der Waals surface area contributed by atoms with E-state index in [1.54, 1.807) is 21.6 Å². The average Bonchev–Trinajstić information content (AvgIpc) is 3.03. The normalized spacial score (nSPS) is 11.2. The van der Waals surface area contributed by atoms with E-state index >= 15 is 0 Å². The highest BCUT2D eigenvalue weighted by atomic mass is 35.5. The zero-order valence-corrected chi connectivity index (χ0v) is 16.3. The maximum Gasteiger partial charge on any atom is 0.420 e. The Bertz CT molecular complexity index is 1140. The minimum absolute atomic E-state index is 0.0785. The molecule has 0 aliphatic heterocycles. The van der Waals surface area contributed by atoms with Crippen LogP contribution in [0.15, 0.2) is 59.6 Å². The maximum atomic E-state index is 12.3. The zero-order chi connectivity index (χ0) is 20.3. The molecule has 0 saturated carbocycles. The molecule has 10 heteroatoms. The number of amides is 2. The first kappa shape index (κ1) is 19.7. The van der Waals surface area contributed by atoms with E-state index in [9.17, 15) is 18.0 Å². The van der Waals surface area contributed by atoms with Gasteiger partial charge in [0.1, 0.15) is 6.54 Å². The summed E-state index contributed by atoms with van der Waals surface area (Å²) in [6.07, 6.45) is 0.701. The first-order chi connectivity index (χ1) is 13.3. The Hall–Kier alpha value is -3.04. The molecule has 0 atom stereocenters. The molecule has 0 unspecified atom stereocenters. The minimum atomic E-state index is -4.04. The minimum Gasteiger partial charge on any atom is -0.452 e. The lowest BCUT2D eigenvalue weighted by Gasteiger charge is -2.09. The molecular weight excluding hydrogens is 406 g/mol. The Labute approximate surface area is 166 Å². The van der Waals surface area contributed by atoms with Crippen LogP contribution in [0.2, 0.25) is 5.02 Å². The highest BCUT2D eigenvalue weighted by Crippen LogP contribution is 2.21. The van der Waals surface area contributed by atoms with Crippen molar-refractivity contribution < 1.29 is 22.7 Å². The van der Waals surface area contributed by atoms with Gasteiger partial charge in [-0.15, -0.1) is 0 Å². The van der Waals surface area contributed by atoms with Crippen molar-refractivity contribution in [2.45, 2.75) is 11.4 Å². The third-order valence-electron chi connectivity index (χ3n) is 3.90. The first-order valence-electron chi connectivity index (χ1n) is 8.03. The van der Waals surface area contributed by atoms with Gasteiger partial charge in [0.2, 0.25) is 5.91 Å². The molecule has 2 aromatic carbocycles. The van der Waals surface area contributed by atoms with Gasteiger partial charge in [-0.05, 0) is 48.5 Å². The van der Waals surface area contributed by atoms with Crippen LogP contribution in [0.5, 0.6) is 0 Å². The molecule has 3 rings (SSSR count). The number of halogens is 1. The quantitative estimate of drug-likeness (QED) is 0.658. The number of aromatic nitrogens is 1. The van der Waals surface area contributed by atoms with Gasteiger partial charge in [0.25, 0.3) is 10.0 Å². The smallest absolute Gasteiger partial charge is 0.420 e. The van der Waals surface area contributed by atoms with Crippen LogP contribution in [0.1, 0.15) is 0 Å². The van der Waals surface area contributed by atoms with Crippen molar-refractivity contribution in [2.75, 3.05) is 12.4 Å². The number of hydrogen-bond donors (Lipinski definition) is 2. The SMILES string of the molecule is COC(=O)NS(=O)(=O)c1ccc(NC(=O)Cn2ccc3cc(Cl)ccc32)cc1. The van der Waals surface area contributed by atoms with Crippen LogP contribution in [0, 0.1) is 0 Å². The summed E-state index contributed by atoms with van der Waals surface area (Å²) in [7, 11) is -2.98. The number of carbonyl (C=O) groups excluding carboxylic acids is 2. The second kappa shape index (κ2) is 7.91. The second-order valence-corrected chi connectivity index (χ2v) is 7.94. The van der Waals surface area contributed by atoms with Crippen LogP contribution in [-0.4, -0.2) is 32.1 Å². The molecule has 28 heavy (non-hydrogen) atoms. The molecule has 3 aromatic rings. The van der Waals surface area contributed by atoms with Crippen LogP contribution in [0.4, 0.5) is 10.5 Å². The van der Waals surface area contributed by atoms with Gasteiger partial charge in [0, 0.05) is 27.8 Å². The van der Waals surface area contributed by atoms with Gasteiger partial charge in [0.05, 0.1) is 12.0 Å². The number of nitrogens with zero attached hydrogens (tertiary/aromatic N) is 1. The predicted octanol–water partition coefficient (Wildman–Crippen LogP) is 2.98. The molecule has 0 aliphatic rings. The molecule has 2 amide bonds. The Morgan fingerprint density at radius 1 is 1.11 bits per heavy atom. The molecule has 0 radical (unpaired) electrons. The van der Waals surface area contributed by atoms with Gasteiger partial charge in [-0.1, -0.05) is 11.6 Å². The van der Waals surface area contributed by atoms with Crippen molar-refractivity contribution in [2.24, 2.45) is 0 Å². The monoisotopic (exact) mass is 421 g/mol. The molecular formula is C18H16ClN3O5S. The van der Waals surface area contributed by atoms with E-state index in [4.69, 9.17) is 11.6 Å². The molecule has 146 valence electrons. The van der Waals surface area contributed by atoms with Gasteiger partial charge < -0.3 is 14.6 Å². The fraction of sp³-hybridized carbons (Fsp3) is 0.111. The fourth-order valence-electron chi connectivity index (χ4n) is 2.59. The van der Waals surface area contributed by atoms with Crippen LogP contribution in [0.3, 0.4) is 0 Å². The zero-order valence-electron chi connectivity index (χ0n) is 14.7. The molecule has 0 spiro atoms. The number of ether oxygens (including phenoxy) is 1. The van der Waals surface area contributed by atoms with E-state index in [1.807, 2.05) is 18.2 Å². The molecule has 0 fully saturated rings. The number of hydrogen-bond acceptors (Lipinski definition) is 5. The Morgan fingerprint density at radius 3 is 2.50 bits per heavy atom. The second-order valence-electron chi connectivity index (χ2n) is 5.82. The molecule has 0 bridgehead atoms. The first-order valence-corrected chi connectivity index (χ1v) is 9.90. The van der Waals surface area contributed by atoms with Crippen molar-refractivity contribution in [3.05, 3.63) is 59.8 Å². The van der Waals surface area contributed by atoms with Gasteiger partial charge >= 0.3 is 6.09 Å². The molecule has 0 aliphatic carbocycles. The van der Waals surface area contributed by atoms with Crippen molar-refractivity contribution >= 4 is 50.2 Å². The standard InChI is InChI=1S/C18H16ClN3O5S/c1-27-18(24)21-28(25,26)15-5-3-14(4-6-15)20-17(23)11-22-9-8-12-10-13(19)2-7-16(12)22/h2-10H,11H2,1H3,(H,20,23)(H,21,24). The van der Waals surface area contributed by atoms with Crippen LogP contribution < -0.4 is 10.0 Å². The molecule has 1 aromatic heterocycles. The lowest BCUT2D eigenvalue weighted by atomic mass is 10.2. The van der Waals surface area contributed by atoms with E-state index in [2.05, 4.69) is 10.1 Å². The van der Waals surface area contributed by atoms with Gasteiger partial charge in [-0.3, -0.25) is 4.79 Å². The summed E-state index contributed by atoms with van der Waals surface area (Å²) < 4.78 is 31.8. The Balaban J connectivity index is 1.68. The van der Waals surface area contributed by atoms with E-state index in [0.29, 0.717) is 10.7 Å². The fourth-order valence-corrected chi connectivity index (χ4v) is 3.69. The van der Waals surface area contributed by atoms with Crippen molar-refractivity contribution in [1.82, 2.24) is 9.29 Å². The third kappa shape index (κ3) is 4.44. The number of rotatable bonds is 5. The molecule has 1 heterocycles. The topological polar surface area (TPSA) is 106 Å². The van der Waals surface area contributed by atoms with Gasteiger partial charge in [0.15, 0.2) is 0 Å². The predicted molar refractivity (Wildman–Crippen MR) is 105 cm³/mol. The van der Waals surface area contributed by atoms with E-state index in [1.165, 1.54) is 24.3 Å². The number of carbonyl (C=O) groups is 2. The summed E-state index contributed by atoms with van der Waals surface area (Å²) in [5.74, 6) is -0.282. The summed E-state index contributed by atoms with van der Waals surface area (Å²) in [6.45, 7) is 0.0785. The number of fused-ring (bicyclic) bond motifs is 1. The number of benzene rings is 2. The Morgan fingerprint density at radius 2 is 1.82 bits per heavy atom. The van der Waals surface area contributed by atoms with Crippen molar-refractivity contribution in [3.8, 4) is 0 Å². The lowest BCUT2D eigenvalue weighted by molar-refractivity contribution is -0.116. The van der Waals surface area contributed by atoms with Crippen molar-refractivity contribution in [1.29, 1.82) is 0 Å². The average molecular weight is 422 g/mol. The highest BCUT2D eigenvalue weighted by molar-refractivity contribution is 7.90. The van der Waals surface area contributed by atoms with Gasteiger partial charge in [-0.25, -0.2) is 17.9 Å². The molecule has 0 saturated heterocycles. The van der Waals surface area contributed by atoms with Crippen molar-refractivity contribution in [3.63, 3.8) is 0 Å². The summed E-state index contributed by atoms with van der Waals surface area (Å²) in [6, 6.07) is 12.7. The third-order valence-corrected chi connectivity index (χ3v) is 5.46. The lowest BCUT2D eigenvalue weighted by Crippen LogP contribution is -2.30. The van der Waals surface area contributed by atoms with Crippen LogP contribution in [-0.2, 0) is 26.1 Å². The number of sulfonamides is 1. The van der Waals surface area contributed by atoms with Crippen LogP contribution >= 0.6 is 11.6 Å². The summed E-state index contributed by atoms with van der Waals surface area (Å²) in [4.78, 5) is 23.3. The number of nitrogens with one attached hydrogen (secondary N) is 2. The molecule has 2 N–H and O–H groups in total. The summed E-state index contributed by atoms with van der Waals surface area (Å²) >= 11 is 5.96. The van der Waals surface area contributed by atoms with Gasteiger partial charge in [-0.2, -0.15) is 0 Å². The number of anilines is 1. The summed E-state index contributed by atoms with van der Waals surface area (Å²) in [5.41, 5.74) is 1.29. The summed E-state index contributed by atoms with van der Waals surface area (Å²) in [5, 5.41) is 4.24. The van der Waals surface area contributed by atoms with E-state index in [-0.39, 0.29) is 17.3 Å². The van der Waals surface area contributed by atoms with E-state index in [0.717, 1.165) is 18.0 Å². The largest absolute Gasteiger partial charge is 0.452 e. The van der Waals surface area contributed by atoms with Crippen LogP contribution in [0.25, 0.3) is 10.9 Å². The van der Waals surface area contributed by atoms with E-state index < -0.39 is 16.1 Å². The highest BCUT2D eigenvalue weighted by Gasteiger charge is 2.17. The maximum absolute atomic E-state index is 12.3. The molecule has 8 nitrogen and oxygen atoms in total. The Kier molecular flexibility index (Phi) is 5.57.